The first-order valence-electron chi connectivity index (χ1n) is 16.4. The van der Waals surface area contributed by atoms with Crippen molar-refractivity contribution in [3.05, 3.63) is 29.8 Å². The van der Waals surface area contributed by atoms with E-state index in [0.717, 1.165) is 60.5 Å². The summed E-state index contributed by atoms with van der Waals surface area (Å²) in [5.74, 6) is 5.33. The third-order valence-electron chi connectivity index (χ3n) is 12.2. The molecule has 1 aromatic carbocycles. The van der Waals surface area contributed by atoms with Gasteiger partial charge in [-0.1, -0.05) is 66.0 Å². The molecule has 0 heterocycles. The van der Waals surface area contributed by atoms with Crippen LogP contribution in [0.25, 0.3) is 0 Å². The number of rotatable bonds is 7. The molecule has 5 rings (SSSR count). The predicted octanol–water partition coefficient (Wildman–Crippen LogP) is 9.98. The highest BCUT2D eigenvalue weighted by atomic mass is 35.5. The minimum absolute atomic E-state index is 0.258. The summed E-state index contributed by atoms with van der Waals surface area (Å²) in [6.45, 7) is 14.7. The molecular formula is C35H54ClN3S. The zero-order chi connectivity index (χ0) is 28.7. The van der Waals surface area contributed by atoms with Gasteiger partial charge in [0.25, 0.3) is 0 Å². The Morgan fingerprint density at radius 2 is 1.80 bits per heavy atom. The monoisotopic (exact) mass is 583 g/mol. The lowest BCUT2D eigenvalue weighted by molar-refractivity contribution is -0.0794. The molecule has 0 amide bonds. The summed E-state index contributed by atoms with van der Waals surface area (Å²) in [5.41, 5.74) is 7.60. The Kier molecular flexibility index (Phi) is 9.28. The molecule has 0 saturated heterocycles. The number of hydrogen-bond donors (Lipinski definition) is 2. The second-order valence-electron chi connectivity index (χ2n) is 15.1. The van der Waals surface area contributed by atoms with Gasteiger partial charge in [0.15, 0.2) is 5.11 Å². The van der Waals surface area contributed by atoms with Gasteiger partial charge in [0.05, 0.1) is 0 Å². The Morgan fingerprint density at radius 3 is 2.55 bits per heavy atom. The van der Waals surface area contributed by atoms with Gasteiger partial charge in [-0.15, -0.1) is 11.6 Å². The van der Waals surface area contributed by atoms with E-state index in [1.54, 1.807) is 0 Å². The summed E-state index contributed by atoms with van der Waals surface area (Å²) < 4.78 is 0. The number of aryl methyl sites for hydroxylation is 1. The van der Waals surface area contributed by atoms with Gasteiger partial charge in [0, 0.05) is 22.7 Å². The predicted molar refractivity (Wildman–Crippen MR) is 176 cm³/mol. The van der Waals surface area contributed by atoms with Gasteiger partial charge in [-0.05, 0) is 135 Å². The van der Waals surface area contributed by atoms with Crippen molar-refractivity contribution in [2.24, 2.45) is 57.4 Å². The van der Waals surface area contributed by atoms with Crippen LogP contribution in [-0.4, -0.2) is 16.2 Å². The second kappa shape index (κ2) is 12.2. The minimum Gasteiger partial charge on any atom is -0.331 e. The van der Waals surface area contributed by atoms with Crippen molar-refractivity contribution in [1.29, 1.82) is 0 Å². The van der Waals surface area contributed by atoms with Gasteiger partial charge in [-0.25, -0.2) is 0 Å². The highest BCUT2D eigenvalue weighted by Gasteiger charge is 2.62. The van der Waals surface area contributed by atoms with E-state index in [1.165, 1.54) is 62.6 Å². The highest BCUT2D eigenvalue weighted by molar-refractivity contribution is 7.80. The van der Waals surface area contributed by atoms with Crippen LogP contribution in [0.3, 0.4) is 0 Å². The quantitative estimate of drug-likeness (QED) is 0.190. The van der Waals surface area contributed by atoms with Crippen molar-refractivity contribution < 1.29 is 0 Å². The van der Waals surface area contributed by atoms with E-state index in [2.05, 4.69) is 76.6 Å². The Morgan fingerprint density at radius 1 is 1.05 bits per heavy atom. The van der Waals surface area contributed by atoms with Crippen molar-refractivity contribution >= 4 is 40.3 Å². The SMILES string of the molecule is Cc1cccc(NC(=S)N/N=C2\C[C@@H]3[C@H](CC[C@]4(C)[C@@H]([C@H](C)CCCC(C)C)CC[C@@H]34)[C@@]3(C)CC[C@H](Cl)C[C@H]23)c1. The molecule has 0 radical (unpaired) electrons. The number of nitrogens with one attached hydrogen (secondary N) is 2. The number of anilines is 1. The molecule has 0 spiro atoms. The van der Waals surface area contributed by atoms with Crippen LogP contribution in [0, 0.1) is 59.2 Å². The van der Waals surface area contributed by atoms with E-state index in [1.807, 2.05) is 0 Å². The number of hydrazone groups is 1. The first-order chi connectivity index (χ1) is 19.0. The van der Waals surface area contributed by atoms with Gasteiger partial charge >= 0.3 is 0 Å². The topological polar surface area (TPSA) is 36.4 Å². The lowest BCUT2D eigenvalue weighted by Gasteiger charge is -2.61. The van der Waals surface area contributed by atoms with Crippen molar-refractivity contribution in [2.75, 3.05) is 5.32 Å². The highest BCUT2D eigenvalue weighted by Crippen LogP contribution is 2.68. The third-order valence-corrected chi connectivity index (χ3v) is 12.8. The maximum Gasteiger partial charge on any atom is 0.191 e. The van der Waals surface area contributed by atoms with E-state index in [-0.39, 0.29) is 5.38 Å². The average Bonchev–Trinajstić information content (AvgIpc) is 3.25. The Hall–Kier alpha value is -1.13. The molecule has 40 heavy (non-hydrogen) atoms. The van der Waals surface area contributed by atoms with Gasteiger partial charge in [0.2, 0.25) is 0 Å². The lowest BCUT2D eigenvalue weighted by atomic mass is 9.44. The molecule has 4 aliphatic rings. The molecule has 2 N–H and O–H groups in total. The number of nitrogens with zero attached hydrogens (tertiary/aromatic N) is 1. The van der Waals surface area contributed by atoms with Crippen LogP contribution in [0.1, 0.15) is 111 Å². The zero-order valence-electron chi connectivity index (χ0n) is 25.9. The summed E-state index contributed by atoms with van der Waals surface area (Å²) in [6.07, 6.45) is 14.3. The molecular weight excluding hydrogens is 530 g/mol. The normalized spacial score (nSPS) is 38.9. The van der Waals surface area contributed by atoms with E-state index in [9.17, 15) is 0 Å². The molecule has 5 heteroatoms. The van der Waals surface area contributed by atoms with Crippen molar-refractivity contribution in [3.63, 3.8) is 0 Å². The standard InChI is InChI=1S/C35H54ClN3S/c1-22(2)9-7-11-24(4)28-13-14-29-27-21-32(38-39-33(40)37-26-12-8-10-23(3)19-26)31-20-25(36)15-17-35(31,6)30(27)16-18-34(28,29)5/h8,10,12,19,22,24-25,27-31H,7,9,11,13-18,20-21H2,1-6H3,(H2,37,39,40)/b38-32+/t24-,25+,27+,28-,29+,30+,31-,34-,35-/m1/s1. The van der Waals surface area contributed by atoms with Crippen molar-refractivity contribution in [3.8, 4) is 0 Å². The van der Waals surface area contributed by atoms with E-state index < -0.39 is 0 Å². The maximum absolute atomic E-state index is 6.84. The molecule has 4 saturated carbocycles. The molecule has 0 aromatic heterocycles. The molecule has 222 valence electrons. The smallest absolute Gasteiger partial charge is 0.191 e. The first-order valence-corrected chi connectivity index (χ1v) is 17.2. The van der Waals surface area contributed by atoms with E-state index >= 15 is 0 Å². The largest absolute Gasteiger partial charge is 0.331 e. The summed E-state index contributed by atoms with van der Waals surface area (Å²) in [4.78, 5) is 0. The molecule has 0 unspecified atom stereocenters. The van der Waals surface area contributed by atoms with E-state index in [0.29, 0.717) is 21.9 Å². The molecule has 4 aliphatic carbocycles. The number of halogens is 1. The van der Waals surface area contributed by atoms with Gasteiger partial charge in [0.1, 0.15) is 0 Å². The number of alkyl halides is 1. The Bertz CT molecular complexity index is 1090. The van der Waals surface area contributed by atoms with Crippen LogP contribution < -0.4 is 10.7 Å². The summed E-state index contributed by atoms with van der Waals surface area (Å²) in [6, 6.07) is 8.33. The first kappa shape index (κ1) is 30.3. The average molecular weight is 584 g/mol. The summed E-state index contributed by atoms with van der Waals surface area (Å²) in [5, 5.41) is 9.28. The zero-order valence-corrected chi connectivity index (χ0v) is 27.5. The van der Waals surface area contributed by atoms with Gasteiger partial charge in [-0.2, -0.15) is 5.10 Å². The maximum atomic E-state index is 6.84. The molecule has 1 aromatic rings. The minimum atomic E-state index is 0.258. The number of hydrogen-bond acceptors (Lipinski definition) is 2. The molecule has 0 aliphatic heterocycles. The number of thiocarbonyl (C=S) groups is 1. The van der Waals surface area contributed by atoms with Crippen LogP contribution in [0.4, 0.5) is 5.69 Å². The number of benzene rings is 1. The van der Waals surface area contributed by atoms with E-state index in [4.69, 9.17) is 28.9 Å². The van der Waals surface area contributed by atoms with Gasteiger partial charge in [-0.3, -0.25) is 5.43 Å². The fourth-order valence-electron chi connectivity index (χ4n) is 10.2. The molecule has 9 atom stereocenters. The van der Waals surface area contributed by atoms with Crippen LogP contribution in [0.2, 0.25) is 0 Å². The Labute approximate surface area is 255 Å². The summed E-state index contributed by atoms with van der Waals surface area (Å²) in [7, 11) is 0. The second-order valence-corrected chi connectivity index (χ2v) is 16.1. The van der Waals surface area contributed by atoms with Crippen molar-refractivity contribution in [2.45, 2.75) is 118 Å². The lowest BCUT2D eigenvalue weighted by Crippen LogP contribution is -2.57. The number of fused-ring (bicyclic) bond motifs is 5. The molecule has 3 nitrogen and oxygen atoms in total. The van der Waals surface area contributed by atoms with Crippen LogP contribution in [-0.2, 0) is 0 Å². The van der Waals surface area contributed by atoms with Crippen molar-refractivity contribution in [1.82, 2.24) is 5.43 Å². The summed E-state index contributed by atoms with van der Waals surface area (Å²) >= 11 is 12.5. The fraction of sp³-hybridized carbons (Fsp3) is 0.771. The van der Waals surface area contributed by atoms with Crippen LogP contribution in [0.15, 0.2) is 29.4 Å². The van der Waals surface area contributed by atoms with Crippen LogP contribution in [0.5, 0.6) is 0 Å². The Balaban J connectivity index is 1.35. The molecule has 0 bridgehead atoms. The third kappa shape index (κ3) is 6.01. The van der Waals surface area contributed by atoms with Gasteiger partial charge < -0.3 is 5.32 Å². The van der Waals surface area contributed by atoms with Crippen LogP contribution >= 0.6 is 23.8 Å². The fourth-order valence-corrected chi connectivity index (χ4v) is 10.6. The molecule has 4 fully saturated rings.